The Bertz CT molecular complexity index is 1380. The van der Waals surface area contributed by atoms with E-state index in [1.54, 1.807) is 0 Å². The number of aliphatic imine (C=N–C) groups is 1. The van der Waals surface area contributed by atoms with E-state index in [-0.39, 0.29) is 0 Å². The molecule has 0 atom stereocenters. The first-order chi connectivity index (χ1) is 15.4. The van der Waals surface area contributed by atoms with Crippen LogP contribution in [0.2, 0.25) is 0 Å². The summed E-state index contributed by atoms with van der Waals surface area (Å²) >= 11 is 0. The van der Waals surface area contributed by atoms with E-state index in [1.807, 2.05) is 26.3 Å². The second kappa shape index (κ2) is 8.96. The first-order valence-electron chi connectivity index (χ1n) is 11.1. The lowest BCUT2D eigenvalue weighted by molar-refractivity contribution is 0.651. The second-order valence-corrected chi connectivity index (χ2v) is 8.68. The van der Waals surface area contributed by atoms with Crippen molar-refractivity contribution in [1.82, 2.24) is 4.98 Å². The Balaban J connectivity index is 1.83. The molecule has 0 N–H and O–H groups in total. The highest BCUT2D eigenvalue weighted by Gasteiger charge is 2.15. The van der Waals surface area contributed by atoms with Crippen LogP contribution in [0.1, 0.15) is 54.6 Å². The molecule has 3 heteroatoms. The Hall–Kier alpha value is -3.46. The molecule has 0 saturated heterocycles. The Labute approximate surface area is 190 Å². The van der Waals surface area contributed by atoms with Crippen LogP contribution in [0.4, 0.5) is 0 Å². The number of hydrogen-bond donors (Lipinski definition) is 0. The van der Waals surface area contributed by atoms with Crippen molar-refractivity contribution >= 4 is 39.4 Å². The molecule has 2 aromatic carbocycles. The van der Waals surface area contributed by atoms with E-state index >= 15 is 0 Å². The maximum Gasteiger partial charge on any atom is 0.227 e. The fourth-order valence-corrected chi connectivity index (χ4v) is 4.13. The molecule has 0 aliphatic carbocycles. The van der Waals surface area contributed by atoms with Gasteiger partial charge in [-0.25, -0.2) is 4.98 Å². The predicted molar refractivity (Wildman–Crippen MR) is 138 cm³/mol. The molecule has 2 aromatic heterocycles. The lowest BCUT2D eigenvalue weighted by Crippen LogP contribution is -1.92. The number of furan rings is 1. The van der Waals surface area contributed by atoms with Gasteiger partial charge in [-0.15, -0.1) is 0 Å². The Morgan fingerprint density at radius 1 is 1.00 bits per heavy atom. The highest BCUT2D eigenvalue weighted by molar-refractivity contribution is 6.11. The first-order valence-corrected chi connectivity index (χ1v) is 11.1. The molecule has 0 saturated carbocycles. The molecule has 162 valence electrons. The maximum absolute atomic E-state index is 6.25. The van der Waals surface area contributed by atoms with Crippen LogP contribution in [0.5, 0.6) is 0 Å². The molecule has 0 fully saturated rings. The molecule has 0 amide bonds. The number of allylic oxidation sites excluding steroid dienone is 4. The van der Waals surface area contributed by atoms with Crippen LogP contribution < -0.4 is 0 Å². The highest BCUT2D eigenvalue weighted by atomic mass is 16.3. The van der Waals surface area contributed by atoms with Gasteiger partial charge in [-0.05, 0) is 66.7 Å². The SMILES string of the molecule is C/N=C/C(=C\C=C(/C)c1c(C)ccc2c1oc1nc(C)ccc12)c1cccc(C(C)C)c1. The van der Waals surface area contributed by atoms with Crippen LogP contribution in [0.25, 0.3) is 33.2 Å². The minimum atomic E-state index is 0.484. The molecular formula is C29H30N2O. The summed E-state index contributed by atoms with van der Waals surface area (Å²) in [5.74, 6) is 0.484. The van der Waals surface area contributed by atoms with Crippen molar-refractivity contribution in [3.63, 3.8) is 0 Å². The Kier molecular flexibility index (Phi) is 6.09. The van der Waals surface area contributed by atoms with Crippen LogP contribution in [0.3, 0.4) is 0 Å². The van der Waals surface area contributed by atoms with Crippen LogP contribution in [0, 0.1) is 13.8 Å². The number of hydrogen-bond acceptors (Lipinski definition) is 3. The summed E-state index contributed by atoms with van der Waals surface area (Å²) in [6.45, 7) is 10.7. The number of rotatable bonds is 5. The van der Waals surface area contributed by atoms with Crippen molar-refractivity contribution in [1.29, 1.82) is 0 Å². The predicted octanol–water partition coefficient (Wildman–Crippen LogP) is 7.91. The number of nitrogens with zero attached hydrogens (tertiary/aromatic N) is 2. The van der Waals surface area contributed by atoms with Crippen LogP contribution in [-0.2, 0) is 0 Å². The summed E-state index contributed by atoms with van der Waals surface area (Å²) in [6.07, 6.45) is 6.22. The summed E-state index contributed by atoms with van der Waals surface area (Å²) < 4.78 is 6.25. The van der Waals surface area contributed by atoms with Gasteiger partial charge in [-0.1, -0.05) is 62.4 Å². The zero-order valence-electron chi connectivity index (χ0n) is 19.7. The van der Waals surface area contributed by atoms with Gasteiger partial charge in [0.25, 0.3) is 0 Å². The van der Waals surface area contributed by atoms with Gasteiger partial charge in [0.05, 0.1) is 0 Å². The van der Waals surface area contributed by atoms with E-state index in [0.717, 1.165) is 38.8 Å². The molecule has 32 heavy (non-hydrogen) atoms. The smallest absolute Gasteiger partial charge is 0.227 e. The summed E-state index contributed by atoms with van der Waals surface area (Å²) in [7, 11) is 1.81. The zero-order chi connectivity index (χ0) is 22.8. The number of fused-ring (bicyclic) bond motifs is 3. The van der Waals surface area contributed by atoms with Gasteiger partial charge in [0.15, 0.2) is 0 Å². The zero-order valence-corrected chi connectivity index (χ0v) is 19.7. The van der Waals surface area contributed by atoms with Crippen molar-refractivity contribution < 1.29 is 4.42 Å². The van der Waals surface area contributed by atoms with Gasteiger partial charge in [0, 0.05) is 35.3 Å². The summed E-state index contributed by atoms with van der Waals surface area (Å²) in [6, 6.07) is 17.1. The third-order valence-corrected chi connectivity index (χ3v) is 5.92. The fourth-order valence-electron chi connectivity index (χ4n) is 4.13. The molecule has 0 unspecified atom stereocenters. The minimum Gasteiger partial charge on any atom is -0.437 e. The van der Waals surface area contributed by atoms with E-state index in [4.69, 9.17) is 4.42 Å². The van der Waals surface area contributed by atoms with Crippen LogP contribution >= 0.6 is 0 Å². The van der Waals surface area contributed by atoms with E-state index in [0.29, 0.717) is 11.6 Å². The normalized spacial score (nSPS) is 13.2. The average molecular weight is 423 g/mol. The molecule has 4 aromatic rings. The quantitative estimate of drug-likeness (QED) is 0.242. The average Bonchev–Trinajstić information content (AvgIpc) is 3.13. The van der Waals surface area contributed by atoms with Gasteiger partial charge in [-0.3, -0.25) is 4.99 Å². The number of pyridine rings is 1. The summed E-state index contributed by atoms with van der Waals surface area (Å²) in [4.78, 5) is 8.88. The van der Waals surface area contributed by atoms with Crippen molar-refractivity contribution in [2.75, 3.05) is 7.05 Å². The number of aryl methyl sites for hydroxylation is 2. The van der Waals surface area contributed by atoms with E-state index in [2.05, 4.69) is 92.3 Å². The summed E-state index contributed by atoms with van der Waals surface area (Å²) in [5.41, 5.74) is 9.57. The number of aromatic nitrogens is 1. The van der Waals surface area contributed by atoms with E-state index in [9.17, 15) is 0 Å². The standard InChI is InChI=1S/C29H30N2O/c1-18(2)22-8-7-9-23(16-22)24(17-30-6)13-10-19(3)27-20(4)11-14-25-26-15-12-21(5)31-29(26)32-28(25)27/h7-18H,1-6H3/b19-10+,24-13+,30-17+. The van der Waals surface area contributed by atoms with E-state index in [1.165, 1.54) is 16.7 Å². The van der Waals surface area contributed by atoms with Gasteiger partial charge >= 0.3 is 0 Å². The summed E-state index contributed by atoms with van der Waals surface area (Å²) in [5, 5.41) is 2.16. The van der Waals surface area contributed by atoms with Gasteiger partial charge in [0.1, 0.15) is 5.58 Å². The lowest BCUT2D eigenvalue weighted by Gasteiger charge is -2.09. The van der Waals surface area contributed by atoms with Crippen molar-refractivity contribution in [2.24, 2.45) is 4.99 Å². The van der Waals surface area contributed by atoms with Crippen molar-refractivity contribution in [3.8, 4) is 0 Å². The van der Waals surface area contributed by atoms with Crippen molar-refractivity contribution in [2.45, 2.75) is 40.5 Å². The molecule has 0 bridgehead atoms. The monoisotopic (exact) mass is 422 g/mol. The fraction of sp³-hybridized carbons (Fsp3) is 0.241. The highest BCUT2D eigenvalue weighted by Crippen LogP contribution is 2.35. The number of benzene rings is 2. The molecule has 4 rings (SSSR count). The first kappa shape index (κ1) is 21.8. The molecular weight excluding hydrogens is 392 g/mol. The molecule has 2 heterocycles. The largest absolute Gasteiger partial charge is 0.437 e. The van der Waals surface area contributed by atoms with E-state index < -0.39 is 0 Å². The molecule has 0 radical (unpaired) electrons. The van der Waals surface area contributed by atoms with Crippen LogP contribution in [-0.4, -0.2) is 18.2 Å². The lowest BCUT2D eigenvalue weighted by atomic mass is 9.96. The van der Waals surface area contributed by atoms with Crippen molar-refractivity contribution in [3.05, 3.63) is 88.6 Å². The third-order valence-electron chi connectivity index (χ3n) is 5.92. The van der Waals surface area contributed by atoms with Gasteiger partial charge in [-0.2, -0.15) is 0 Å². The molecule has 0 aliphatic rings. The third kappa shape index (κ3) is 4.16. The molecule has 0 spiro atoms. The Morgan fingerprint density at radius 2 is 1.78 bits per heavy atom. The topological polar surface area (TPSA) is 38.4 Å². The van der Waals surface area contributed by atoms with Crippen LogP contribution in [0.15, 0.2) is 70.1 Å². The second-order valence-electron chi connectivity index (χ2n) is 8.68. The Morgan fingerprint density at radius 3 is 2.53 bits per heavy atom. The van der Waals surface area contributed by atoms with Gasteiger partial charge < -0.3 is 4.42 Å². The van der Waals surface area contributed by atoms with Gasteiger partial charge in [0.2, 0.25) is 5.71 Å². The maximum atomic E-state index is 6.25. The molecule has 0 aliphatic heterocycles. The minimum absolute atomic E-state index is 0.484. The molecule has 3 nitrogen and oxygen atoms in total.